The number of likely N-dealkylation sites (tertiary alicyclic amines) is 1. The average molecular weight is 289 g/mol. The van der Waals surface area contributed by atoms with Crippen LogP contribution in [0.25, 0.3) is 6.08 Å². The van der Waals surface area contributed by atoms with Gasteiger partial charge < -0.3 is 10.2 Å². The van der Waals surface area contributed by atoms with Crippen LogP contribution in [-0.2, 0) is 11.3 Å². The first kappa shape index (κ1) is 15.7. The molecular formula is C17H23NO3. The van der Waals surface area contributed by atoms with Crippen molar-refractivity contribution in [3.8, 4) is 0 Å². The van der Waals surface area contributed by atoms with Gasteiger partial charge in [-0.2, -0.15) is 0 Å². The van der Waals surface area contributed by atoms with E-state index in [1.165, 1.54) is 6.08 Å². The first-order valence-electron chi connectivity index (χ1n) is 7.45. The highest BCUT2D eigenvalue weighted by Crippen LogP contribution is 2.23. The molecule has 1 aromatic carbocycles. The quantitative estimate of drug-likeness (QED) is 0.817. The molecule has 1 aromatic rings. The zero-order valence-corrected chi connectivity index (χ0v) is 12.4. The van der Waals surface area contributed by atoms with Gasteiger partial charge in [0.05, 0.1) is 6.10 Å². The zero-order valence-electron chi connectivity index (χ0n) is 12.4. The third kappa shape index (κ3) is 4.69. The predicted molar refractivity (Wildman–Crippen MR) is 82.8 cm³/mol. The Kier molecular flexibility index (Phi) is 5.53. The van der Waals surface area contributed by atoms with E-state index in [-0.39, 0.29) is 6.10 Å². The molecule has 4 nitrogen and oxygen atoms in total. The molecule has 1 aliphatic heterocycles. The molecule has 1 heterocycles. The van der Waals surface area contributed by atoms with E-state index in [0.717, 1.165) is 43.6 Å². The smallest absolute Gasteiger partial charge is 0.328 e. The van der Waals surface area contributed by atoms with Gasteiger partial charge in [-0.05, 0) is 56.0 Å². The molecule has 1 atom stereocenters. The van der Waals surface area contributed by atoms with Crippen molar-refractivity contribution in [2.45, 2.75) is 32.4 Å². The summed E-state index contributed by atoms with van der Waals surface area (Å²) in [6, 6.07) is 7.89. The van der Waals surface area contributed by atoms with Gasteiger partial charge in [0, 0.05) is 12.6 Å². The van der Waals surface area contributed by atoms with E-state index in [9.17, 15) is 9.90 Å². The van der Waals surface area contributed by atoms with E-state index < -0.39 is 5.97 Å². The third-order valence-electron chi connectivity index (χ3n) is 4.17. The zero-order chi connectivity index (χ0) is 15.2. The van der Waals surface area contributed by atoms with Crippen molar-refractivity contribution in [1.82, 2.24) is 4.90 Å². The van der Waals surface area contributed by atoms with Crippen molar-refractivity contribution in [1.29, 1.82) is 0 Å². The summed E-state index contributed by atoms with van der Waals surface area (Å²) in [5, 5.41) is 18.4. The first-order chi connectivity index (χ1) is 10.1. The van der Waals surface area contributed by atoms with Crippen molar-refractivity contribution in [3.05, 3.63) is 41.5 Å². The van der Waals surface area contributed by atoms with Crippen LogP contribution in [-0.4, -0.2) is 40.3 Å². The van der Waals surface area contributed by atoms with E-state index in [0.29, 0.717) is 5.92 Å². The second-order valence-electron chi connectivity index (χ2n) is 5.72. The molecule has 2 N–H and O–H groups in total. The summed E-state index contributed by atoms with van der Waals surface area (Å²) in [7, 11) is 0. The lowest BCUT2D eigenvalue weighted by Crippen LogP contribution is -2.36. The largest absolute Gasteiger partial charge is 0.478 e. The Morgan fingerprint density at radius 1 is 1.38 bits per heavy atom. The molecule has 1 fully saturated rings. The van der Waals surface area contributed by atoms with Crippen molar-refractivity contribution in [2.75, 3.05) is 13.1 Å². The number of aliphatic hydroxyl groups excluding tert-OH is 1. The fourth-order valence-corrected chi connectivity index (χ4v) is 2.84. The van der Waals surface area contributed by atoms with Crippen LogP contribution in [0.15, 0.2) is 30.3 Å². The van der Waals surface area contributed by atoms with Gasteiger partial charge in [-0.25, -0.2) is 4.79 Å². The van der Waals surface area contributed by atoms with Crippen LogP contribution in [0.2, 0.25) is 0 Å². The molecule has 114 valence electrons. The monoisotopic (exact) mass is 289 g/mol. The number of aliphatic carboxylic acids is 1. The molecule has 1 saturated heterocycles. The molecule has 21 heavy (non-hydrogen) atoms. The fraction of sp³-hybridized carbons (Fsp3) is 0.471. The van der Waals surface area contributed by atoms with Crippen LogP contribution in [0.3, 0.4) is 0 Å². The Morgan fingerprint density at radius 3 is 2.67 bits per heavy atom. The summed E-state index contributed by atoms with van der Waals surface area (Å²) in [5.41, 5.74) is 2.10. The first-order valence-corrected chi connectivity index (χ1v) is 7.45. The maximum absolute atomic E-state index is 10.7. The highest BCUT2D eigenvalue weighted by atomic mass is 16.4. The van der Waals surface area contributed by atoms with Crippen LogP contribution >= 0.6 is 0 Å². The number of aliphatic hydroxyl groups is 1. The van der Waals surface area contributed by atoms with E-state index in [1.54, 1.807) is 6.08 Å². The molecule has 1 aliphatic rings. The third-order valence-corrected chi connectivity index (χ3v) is 4.17. The minimum Gasteiger partial charge on any atom is -0.478 e. The molecule has 0 aromatic heterocycles. The van der Waals surface area contributed by atoms with Gasteiger partial charge in [-0.15, -0.1) is 0 Å². The number of nitrogens with zero attached hydrogens (tertiary/aromatic N) is 1. The number of piperidine rings is 1. The number of benzene rings is 1. The molecule has 0 spiro atoms. The number of carbonyl (C=O) groups is 1. The number of rotatable bonds is 5. The Labute approximate surface area is 125 Å². The highest BCUT2D eigenvalue weighted by molar-refractivity contribution is 5.85. The van der Waals surface area contributed by atoms with Crippen LogP contribution in [0.4, 0.5) is 0 Å². The maximum atomic E-state index is 10.7. The maximum Gasteiger partial charge on any atom is 0.328 e. The summed E-state index contributed by atoms with van der Waals surface area (Å²) in [4.78, 5) is 13.0. The Balaban J connectivity index is 1.99. The summed E-state index contributed by atoms with van der Waals surface area (Å²) in [5.74, 6) is -0.522. The minimum atomic E-state index is -0.928. The minimum absolute atomic E-state index is 0.224. The van der Waals surface area contributed by atoms with E-state index >= 15 is 0 Å². The van der Waals surface area contributed by atoms with Crippen molar-refractivity contribution in [2.24, 2.45) is 5.92 Å². The van der Waals surface area contributed by atoms with Gasteiger partial charge in [0.15, 0.2) is 0 Å². The topological polar surface area (TPSA) is 60.8 Å². The molecule has 0 saturated carbocycles. The Bertz CT molecular complexity index is 503. The highest BCUT2D eigenvalue weighted by Gasteiger charge is 2.22. The molecule has 0 radical (unpaired) electrons. The number of hydrogen-bond acceptors (Lipinski definition) is 3. The summed E-state index contributed by atoms with van der Waals surface area (Å²) in [6.07, 6.45) is 4.65. The average Bonchev–Trinajstić information content (AvgIpc) is 2.47. The lowest BCUT2D eigenvalue weighted by Gasteiger charge is -2.33. The normalized spacial score (nSPS) is 19.0. The van der Waals surface area contributed by atoms with Gasteiger partial charge in [-0.1, -0.05) is 24.3 Å². The van der Waals surface area contributed by atoms with Gasteiger partial charge in [0.25, 0.3) is 0 Å². The second kappa shape index (κ2) is 7.38. The lowest BCUT2D eigenvalue weighted by molar-refractivity contribution is -0.131. The standard InChI is InChI=1S/C17H23NO3/c1-13(19)14-8-10-18(11-9-14)12-16-5-3-2-4-15(16)6-7-17(20)21/h2-7,13-14,19H,8-12H2,1H3,(H,20,21)/b7-6+. The van der Waals surface area contributed by atoms with Crippen molar-refractivity contribution in [3.63, 3.8) is 0 Å². The number of carboxylic acids is 1. The molecule has 4 heteroatoms. The van der Waals surface area contributed by atoms with Gasteiger partial charge >= 0.3 is 5.97 Å². The van der Waals surface area contributed by atoms with Crippen LogP contribution in [0.5, 0.6) is 0 Å². The van der Waals surface area contributed by atoms with Crippen LogP contribution in [0, 0.1) is 5.92 Å². The predicted octanol–water partition coefficient (Wildman–Crippen LogP) is 2.38. The van der Waals surface area contributed by atoms with Gasteiger partial charge in [0.2, 0.25) is 0 Å². The van der Waals surface area contributed by atoms with E-state index in [1.807, 2.05) is 31.2 Å². The second-order valence-corrected chi connectivity index (χ2v) is 5.72. The molecule has 0 aliphatic carbocycles. The van der Waals surface area contributed by atoms with Gasteiger partial charge in [0.1, 0.15) is 0 Å². The Morgan fingerprint density at radius 2 is 2.05 bits per heavy atom. The summed E-state index contributed by atoms with van der Waals surface area (Å²) < 4.78 is 0. The lowest BCUT2D eigenvalue weighted by atomic mass is 9.92. The Hall–Kier alpha value is -1.65. The molecule has 0 bridgehead atoms. The van der Waals surface area contributed by atoms with Crippen LogP contribution in [0.1, 0.15) is 30.9 Å². The molecule has 2 rings (SSSR count). The van der Waals surface area contributed by atoms with E-state index in [2.05, 4.69) is 4.90 Å². The van der Waals surface area contributed by atoms with Crippen LogP contribution < -0.4 is 0 Å². The summed E-state index contributed by atoms with van der Waals surface area (Å²) >= 11 is 0. The van der Waals surface area contributed by atoms with Gasteiger partial charge in [-0.3, -0.25) is 4.90 Å². The molecule has 1 unspecified atom stereocenters. The van der Waals surface area contributed by atoms with Crippen molar-refractivity contribution >= 4 is 12.0 Å². The van der Waals surface area contributed by atoms with Crippen molar-refractivity contribution < 1.29 is 15.0 Å². The fourth-order valence-electron chi connectivity index (χ4n) is 2.84. The number of carboxylic acid groups (broad SMARTS) is 1. The summed E-state index contributed by atoms with van der Waals surface area (Å²) in [6.45, 7) is 4.65. The molecule has 0 amide bonds. The number of hydrogen-bond donors (Lipinski definition) is 2. The van der Waals surface area contributed by atoms with E-state index in [4.69, 9.17) is 5.11 Å². The SMILES string of the molecule is CC(O)C1CCN(Cc2ccccc2/C=C/C(=O)O)CC1. The molecular weight excluding hydrogens is 266 g/mol.